The van der Waals surface area contributed by atoms with Crippen LogP contribution in [0.5, 0.6) is 0 Å². The van der Waals surface area contributed by atoms with Gasteiger partial charge in [0.1, 0.15) is 21.6 Å². The molecule has 0 aliphatic rings. The summed E-state index contributed by atoms with van der Waals surface area (Å²) in [5, 5.41) is 25.0. The fourth-order valence-electron chi connectivity index (χ4n) is 5.27. The van der Waals surface area contributed by atoms with Crippen LogP contribution in [0.3, 0.4) is 0 Å². The number of halogens is 2. The Kier molecular flexibility index (Phi) is 14.2. The van der Waals surface area contributed by atoms with Gasteiger partial charge in [-0.3, -0.25) is 4.79 Å². The number of nitrogens with one attached hydrogen (secondary N) is 1. The van der Waals surface area contributed by atoms with E-state index in [1.807, 2.05) is 16.8 Å². The molecular weight excluding hydrogens is 799 g/mol. The fraction of sp³-hybridized carbons (Fsp3) is 0.143. The van der Waals surface area contributed by atoms with E-state index in [9.17, 15) is 18.4 Å². The van der Waals surface area contributed by atoms with E-state index in [-0.39, 0.29) is 23.1 Å². The van der Waals surface area contributed by atoms with Crippen molar-refractivity contribution in [2.24, 2.45) is 5.73 Å². The first-order valence-electron chi connectivity index (χ1n) is 18.0. The molecule has 0 bridgehead atoms. The van der Waals surface area contributed by atoms with Crippen molar-refractivity contribution in [2.75, 3.05) is 13.1 Å². The lowest BCUT2D eigenvalue weighted by molar-refractivity contribution is 0.0696. The van der Waals surface area contributed by atoms with Gasteiger partial charge in [-0.25, -0.2) is 23.5 Å². The molecule has 4 aromatic heterocycles. The van der Waals surface area contributed by atoms with Crippen LogP contribution < -0.4 is 11.1 Å². The molecule has 17 heteroatoms. The van der Waals surface area contributed by atoms with Crippen LogP contribution in [0.25, 0.3) is 43.9 Å². The summed E-state index contributed by atoms with van der Waals surface area (Å²) in [5.41, 5.74) is 11.2. The van der Waals surface area contributed by atoms with Crippen LogP contribution in [0.4, 0.5) is 8.78 Å². The lowest BCUT2D eigenvalue weighted by atomic mass is 10.1. The smallest absolute Gasteiger partial charge is 0.335 e. The predicted octanol–water partition coefficient (Wildman–Crippen LogP) is 8.47. The molecule has 300 valence electrons. The summed E-state index contributed by atoms with van der Waals surface area (Å²) in [5.74, 6) is 0.120. The Morgan fingerprint density at radius 2 is 1.14 bits per heavy atom. The number of hydrogen-bond donors (Lipinski definition) is 3. The van der Waals surface area contributed by atoms with Crippen molar-refractivity contribution in [3.8, 4) is 43.9 Å². The molecule has 8 rings (SSSR count). The Morgan fingerprint density at radius 1 is 0.661 bits per heavy atom. The third kappa shape index (κ3) is 11.9. The zero-order valence-corrected chi connectivity index (χ0v) is 33.3. The summed E-state index contributed by atoms with van der Waals surface area (Å²) in [4.78, 5) is 40.3. The fourth-order valence-corrected chi connectivity index (χ4v) is 6.99. The van der Waals surface area contributed by atoms with Crippen LogP contribution in [-0.2, 0) is 12.8 Å². The van der Waals surface area contributed by atoms with Crippen molar-refractivity contribution < 1.29 is 32.5 Å². The number of carbonyl (C=O) groups excluding carboxylic acids is 1. The van der Waals surface area contributed by atoms with Crippen molar-refractivity contribution in [3.63, 3.8) is 0 Å². The summed E-state index contributed by atoms with van der Waals surface area (Å²) in [7, 11) is 0. The number of thiazole rings is 2. The van der Waals surface area contributed by atoms with Crippen molar-refractivity contribution in [3.05, 3.63) is 154 Å². The second kappa shape index (κ2) is 20.0. The van der Waals surface area contributed by atoms with Crippen LogP contribution in [0.1, 0.15) is 43.9 Å². The Balaban J connectivity index is 0.000000164. The summed E-state index contributed by atoms with van der Waals surface area (Å²) in [6, 6.07) is 26.1. The predicted molar refractivity (Wildman–Crippen MR) is 220 cm³/mol. The quantitative estimate of drug-likeness (QED) is 0.113. The zero-order chi connectivity index (χ0) is 41.7. The van der Waals surface area contributed by atoms with Gasteiger partial charge in [0.25, 0.3) is 5.91 Å². The van der Waals surface area contributed by atoms with Gasteiger partial charge in [0.2, 0.25) is 23.4 Å². The maximum absolute atomic E-state index is 13.0. The zero-order valence-electron chi connectivity index (χ0n) is 31.6. The van der Waals surface area contributed by atoms with E-state index in [1.165, 1.54) is 47.7 Å². The molecule has 0 aliphatic carbocycles. The molecule has 0 saturated carbocycles. The highest BCUT2D eigenvalue weighted by Gasteiger charge is 2.12. The number of carboxylic acid groups (broad SMARTS) is 1. The molecule has 8 aromatic rings. The largest absolute Gasteiger partial charge is 0.478 e. The van der Waals surface area contributed by atoms with E-state index < -0.39 is 5.97 Å². The van der Waals surface area contributed by atoms with Crippen LogP contribution in [0, 0.1) is 25.5 Å². The van der Waals surface area contributed by atoms with Crippen molar-refractivity contribution in [2.45, 2.75) is 26.7 Å². The number of carbonyl (C=O) groups is 2. The van der Waals surface area contributed by atoms with Gasteiger partial charge in [-0.2, -0.15) is 9.97 Å². The minimum Gasteiger partial charge on any atom is -0.478 e. The summed E-state index contributed by atoms with van der Waals surface area (Å²) in [6.45, 7) is 4.45. The molecule has 0 radical (unpaired) electrons. The van der Waals surface area contributed by atoms with Crippen molar-refractivity contribution in [1.82, 2.24) is 35.6 Å². The van der Waals surface area contributed by atoms with Crippen molar-refractivity contribution >= 4 is 34.6 Å². The maximum Gasteiger partial charge on any atom is 0.335 e. The highest BCUT2D eigenvalue weighted by atomic mass is 32.1. The van der Waals surface area contributed by atoms with Gasteiger partial charge in [0, 0.05) is 71.8 Å². The second-order valence-corrected chi connectivity index (χ2v) is 14.3. The van der Waals surface area contributed by atoms with Gasteiger partial charge < -0.3 is 25.2 Å². The first-order chi connectivity index (χ1) is 28.5. The van der Waals surface area contributed by atoms with Crippen LogP contribution in [0.15, 0.2) is 117 Å². The van der Waals surface area contributed by atoms with Gasteiger partial charge in [0.15, 0.2) is 0 Å². The van der Waals surface area contributed by atoms with Crippen LogP contribution >= 0.6 is 22.7 Å². The SMILES string of the molecule is Cc1nc(-c2cccc(C(=O)NCCc3csc(-c4ccc(F)cc4)n3)c2)no1.Cc1nc(-c2cccc(C(=O)O)c2)no1.NCCc1csc(-c2ccc(F)cc2)n1. The minimum absolute atomic E-state index is 0.180. The summed E-state index contributed by atoms with van der Waals surface area (Å²) >= 11 is 3.06. The molecule has 4 N–H and O–H groups in total. The van der Waals surface area contributed by atoms with Gasteiger partial charge in [-0.1, -0.05) is 34.6 Å². The molecule has 0 saturated heterocycles. The van der Waals surface area contributed by atoms with E-state index in [2.05, 4.69) is 35.6 Å². The molecule has 0 aliphatic heterocycles. The number of rotatable bonds is 11. The molecule has 0 atom stereocenters. The van der Waals surface area contributed by atoms with E-state index in [1.54, 1.807) is 79.8 Å². The van der Waals surface area contributed by atoms with Gasteiger partial charge in [-0.15, -0.1) is 22.7 Å². The van der Waals surface area contributed by atoms with Gasteiger partial charge in [0.05, 0.1) is 17.0 Å². The Morgan fingerprint density at radius 3 is 1.59 bits per heavy atom. The number of amides is 1. The molecule has 4 aromatic carbocycles. The molecule has 59 heavy (non-hydrogen) atoms. The minimum atomic E-state index is -0.975. The number of aromatic carboxylic acids is 1. The molecule has 0 unspecified atom stereocenters. The Bertz CT molecular complexity index is 2620. The number of carboxylic acids is 1. The number of benzene rings is 4. The Hall–Kier alpha value is -6.82. The number of hydrogen-bond acceptors (Lipinski definition) is 13. The van der Waals surface area contributed by atoms with E-state index >= 15 is 0 Å². The van der Waals surface area contributed by atoms with E-state index in [0.717, 1.165) is 44.5 Å². The van der Waals surface area contributed by atoms with Crippen molar-refractivity contribution in [1.29, 1.82) is 0 Å². The summed E-state index contributed by atoms with van der Waals surface area (Å²) < 4.78 is 35.5. The topological polar surface area (TPSA) is 196 Å². The first-order valence-corrected chi connectivity index (χ1v) is 19.7. The Labute approximate surface area is 344 Å². The first kappa shape index (κ1) is 41.8. The van der Waals surface area contributed by atoms with Crippen LogP contribution in [-0.4, -0.2) is 60.3 Å². The van der Waals surface area contributed by atoms with E-state index in [4.69, 9.17) is 19.9 Å². The lowest BCUT2D eigenvalue weighted by Crippen LogP contribution is -2.25. The number of aromatic nitrogens is 6. The third-order valence-corrected chi connectivity index (χ3v) is 10.0. The monoisotopic (exact) mass is 834 g/mol. The number of nitrogens with two attached hydrogens (primary N) is 1. The van der Waals surface area contributed by atoms with Gasteiger partial charge in [-0.05, 0) is 79.3 Å². The standard InChI is InChI=1S/C21H17FN4O2S.C11H11FN2S.C10H8N2O3/c1-13-24-19(26-28-13)15-3-2-4-16(11-15)20(27)23-10-9-18-12-29-21(25-18)14-5-7-17(22)8-6-14;12-9-3-1-8(2-4-9)11-14-10(5-6-13)7-15-11;1-6-11-9(12-15-6)7-3-2-4-8(5-7)10(13)14/h2-8,11-12H,9-10H2,1H3,(H,23,27);1-4,7H,5-6,13H2;2-5H,1H3,(H,13,14). The normalized spacial score (nSPS) is 10.6. The highest BCUT2D eigenvalue weighted by Crippen LogP contribution is 2.25. The maximum atomic E-state index is 13.0. The summed E-state index contributed by atoms with van der Waals surface area (Å²) in [6.07, 6.45) is 1.39. The lowest BCUT2D eigenvalue weighted by Gasteiger charge is -2.05. The third-order valence-electron chi connectivity index (χ3n) is 8.16. The number of nitrogens with zero attached hydrogens (tertiary/aromatic N) is 6. The number of aryl methyl sites for hydroxylation is 2. The molecular formula is C42H36F2N8O5S2. The molecule has 4 heterocycles. The van der Waals surface area contributed by atoms with E-state index in [0.29, 0.717) is 54.1 Å². The molecule has 1 amide bonds. The highest BCUT2D eigenvalue weighted by molar-refractivity contribution is 7.13. The molecule has 0 spiro atoms. The van der Waals surface area contributed by atoms with Crippen LogP contribution in [0.2, 0.25) is 0 Å². The molecule has 13 nitrogen and oxygen atoms in total. The second-order valence-electron chi connectivity index (χ2n) is 12.6. The molecule has 0 fully saturated rings. The average molecular weight is 835 g/mol. The van der Waals surface area contributed by atoms with Gasteiger partial charge >= 0.3 is 5.97 Å². The average Bonchev–Trinajstić information content (AvgIpc) is 4.09.